The van der Waals surface area contributed by atoms with Crippen molar-refractivity contribution in [1.29, 1.82) is 0 Å². The van der Waals surface area contributed by atoms with Gasteiger partial charge in [-0.3, -0.25) is 0 Å². The summed E-state index contributed by atoms with van der Waals surface area (Å²) in [6.45, 7) is 3.96. The zero-order chi connectivity index (χ0) is 22.6. The Bertz CT molecular complexity index is 1070. The molecular formula is C21H25N3O6S. The third kappa shape index (κ3) is 5.33. The molecule has 0 fully saturated rings. The maximum Gasteiger partial charge on any atom is 0.338 e. The lowest BCUT2D eigenvalue weighted by Gasteiger charge is -2.28. The van der Waals surface area contributed by atoms with E-state index < -0.39 is 27.9 Å². The van der Waals surface area contributed by atoms with E-state index in [2.05, 4.69) is 16.0 Å². The van der Waals surface area contributed by atoms with Crippen LogP contribution in [0.2, 0.25) is 0 Å². The fourth-order valence-electron chi connectivity index (χ4n) is 3.25. The maximum absolute atomic E-state index is 12.7. The quantitative estimate of drug-likeness (QED) is 0.530. The molecule has 2 heterocycles. The second-order valence-corrected chi connectivity index (χ2v) is 9.12. The van der Waals surface area contributed by atoms with E-state index in [9.17, 15) is 18.0 Å². The topological polar surface area (TPSA) is 127 Å². The summed E-state index contributed by atoms with van der Waals surface area (Å²) >= 11 is 0. The van der Waals surface area contributed by atoms with Gasteiger partial charge in [0, 0.05) is 24.5 Å². The highest BCUT2D eigenvalue weighted by atomic mass is 32.2. The van der Waals surface area contributed by atoms with Crippen molar-refractivity contribution in [3.63, 3.8) is 0 Å². The summed E-state index contributed by atoms with van der Waals surface area (Å²) < 4.78 is 33.9. The minimum absolute atomic E-state index is 0.174. The average Bonchev–Trinajstić information content (AvgIpc) is 3.26. The molecule has 0 radical (unpaired) electrons. The Morgan fingerprint density at radius 1 is 1.26 bits per heavy atom. The van der Waals surface area contributed by atoms with Crippen LogP contribution in [0.15, 0.2) is 63.2 Å². The second kappa shape index (κ2) is 9.36. The predicted molar refractivity (Wildman–Crippen MR) is 113 cm³/mol. The number of hydrogen-bond acceptors (Lipinski definition) is 7. The van der Waals surface area contributed by atoms with Gasteiger partial charge in [-0.2, -0.15) is 0 Å². The number of carbonyl (C=O) groups is 2. The van der Waals surface area contributed by atoms with Crippen LogP contribution >= 0.6 is 0 Å². The van der Waals surface area contributed by atoms with Crippen LogP contribution in [-0.4, -0.2) is 39.8 Å². The molecule has 0 aliphatic carbocycles. The monoisotopic (exact) mass is 447 g/mol. The van der Waals surface area contributed by atoms with Crippen LogP contribution in [-0.2, 0) is 19.4 Å². The van der Waals surface area contributed by atoms with Crippen LogP contribution in [0, 0.1) is 0 Å². The van der Waals surface area contributed by atoms with E-state index in [4.69, 9.17) is 9.15 Å². The Kier molecular flexibility index (Phi) is 6.81. The van der Waals surface area contributed by atoms with Gasteiger partial charge in [0.2, 0.25) is 0 Å². The van der Waals surface area contributed by atoms with Crippen molar-refractivity contribution in [3.05, 3.63) is 65.3 Å². The summed E-state index contributed by atoms with van der Waals surface area (Å²) in [6.07, 6.45) is 2.62. The predicted octanol–water partition coefficient (Wildman–Crippen LogP) is 2.21. The highest BCUT2D eigenvalue weighted by Crippen LogP contribution is 2.28. The molecule has 0 saturated carbocycles. The molecule has 0 unspecified atom stereocenters. The van der Waals surface area contributed by atoms with E-state index in [1.165, 1.54) is 6.26 Å². The average molecular weight is 448 g/mol. The Labute approximate surface area is 180 Å². The zero-order valence-electron chi connectivity index (χ0n) is 17.5. The molecule has 10 heteroatoms. The second-order valence-electron chi connectivity index (χ2n) is 7.10. The van der Waals surface area contributed by atoms with Gasteiger partial charge in [0.05, 0.1) is 23.3 Å². The third-order valence-corrected chi connectivity index (χ3v) is 6.00. The van der Waals surface area contributed by atoms with Gasteiger partial charge < -0.3 is 25.1 Å². The van der Waals surface area contributed by atoms with E-state index in [0.717, 1.165) is 11.8 Å². The van der Waals surface area contributed by atoms with Crippen LogP contribution in [0.4, 0.5) is 4.79 Å². The Morgan fingerprint density at radius 2 is 1.97 bits per heavy atom. The molecule has 1 aromatic heterocycles. The Balaban J connectivity index is 1.84. The summed E-state index contributed by atoms with van der Waals surface area (Å²) in [4.78, 5) is 25.1. The lowest BCUT2D eigenvalue weighted by atomic mass is 9.99. The fourth-order valence-corrected chi connectivity index (χ4v) is 3.88. The minimum Gasteiger partial charge on any atom is -0.467 e. The zero-order valence-corrected chi connectivity index (χ0v) is 18.3. The summed E-state index contributed by atoms with van der Waals surface area (Å²) in [5.41, 5.74) is 1.49. The number of amides is 2. The van der Waals surface area contributed by atoms with E-state index >= 15 is 0 Å². The minimum atomic E-state index is -3.27. The normalized spacial score (nSPS) is 17.6. The van der Waals surface area contributed by atoms with Crippen molar-refractivity contribution in [2.45, 2.75) is 30.8 Å². The van der Waals surface area contributed by atoms with Crippen molar-refractivity contribution in [1.82, 2.24) is 16.0 Å². The molecule has 9 nitrogen and oxygen atoms in total. The van der Waals surface area contributed by atoms with Crippen molar-refractivity contribution in [2.24, 2.45) is 0 Å². The van der Waals surface area contributed by atoms with E-state index in [1.54, 1.807) is 43.3 Å². The van der Waals surface area contributed by atoms with Gasteiger partial charge in [0.15, 0.2) is 9.84 Å². The number of carbonyl (C=O) groups excluding carboxylic acids is 2. The van der Waals surface area contributed by atoms with E-state index in [0.29, 0.717) is 11.5 Å². The molecule has 31 heavy (non-hydrogen) atoms. The lowest BCUT2D eigenvalue weighted by molar-refractivity contribution is -0.139. The smallest absolute Gasteiger partial charge is 0.338 e. The van der Waals surface area contributed by atoms with Crippen molar-refractivity contribution in [2.75, 3.05) is 19.4 Å². The summed E-state index contributed by atoms with van der Waals surface area (Å²) in [5, 5.41) is 8.62. The largest absolute Gasteiger partial charge is 0.467 e. The number of ether oxygens (including phenoxy) is 1. The van der Waals surface area contributed by atoms with Gasteiger partial charge in [-0.1, -0.05) is 12.1 Å². The van der Waals surface area contributed by atoms with Crippen LogP contribution in [0.3, 0.4) is 0 Å². The molecule has 3 N–H and O–H groups in total. The molecule has 0 spiro atoms. The first-order chi connectivity index (χ1) is 14.7. The lowest BCUT2D eigenvalue weighted by Crippen LogP contribution is -2.48. The van der Waals surface area contributed by atoms with E-state index in [-0.39, 0.29) is 29.7 Å². The standard InChI is InChI=1S/C21H25N3O6S/c1-4-29-20(25)18-16(23-21(26)24-19(18)17-6-5-11-30-17)12-22-13(2)14-7-9-15(10-8-14)31(3,27)28/h5-11,13,19,22H,4,12H2,1-3H3,(H2,23,24,26)/t13-,19-/m1/s1. The van der Waals surface area contributed by atoms with E-state index in [1.807, 2.05) is 6.92 Å². The van der Waals surface area contributed by atoms with Crippen molar-refractivity contribution in [3.8, 4) is 0 Å². The number of benzene rings is 1. The molecule has 2 amide bonds. The molecule has 1 aliphatic rings. The number of nitrogens with one attached hydrogen (secondary N) is 3. The molecule has 166 valence electrons. The molecule has 1 aliphatic heterocycles. The van der Waals surface area contributed by atoms with Crippen LogP contribution in [0.5, 0.6) is 0 Å². The van der Waals surface area contributed by atoms with Crippen LogP contribution in [0.25, 0.3) is 0 Å². The molecule has 0 bridgehead atoms. The number of esters is 1. The maximum atomic E-state index is 12.7. The number of sulfone groups is 1. The van der Waals surface area contributed by atoms with Gasteiger partial charge in [-0.05, 0) is 43.7 Å². The molecular weight excluding hydrogens is 422 g/mol. The van der Waals surface area contributed by atoms with Gasteiger partial charge in [-0.25, -0.2) is 18.0 Å². The van der Waals surface area contributed by atoms with Gasteiger partial charge in [0.25, 0.3) is 0 Å². The SMILES string of the molecule is CCOC(=O)C1=C(CN[C@H](C)c2ccc(S(C)(=O)=O)cc2)NC(=O)N[C@@H]1c1ccco1. The number of furan rings is 1. The first-order valence-corrected chi connectivity index (χ1v) is 11.6. The molecule has 0 saturated heterocycles. The van der Waals surface area contributed by atoms with Gasteiger partial charge >= 0.3 is 12.0 Å². The highest BCUT2D eigenvalue weighted by molar-refractivity contribution is 7.90. The Morgan fingerprint density at radius 3 is 2.55 bits per heavy atom. The highest BCUT2D eigenvalue weighted by Gasteiger charge is 2.35. The van der Waals surface area contributed by atoms with Crippen molar-refractivity contribution < 1.29 is 27.2 Å². The first kappa shape index (κ1) is 22.6. The summed E-state index contributed by atoms with van der Waals surface area (Å²) in [7, 11) is -3.27. The number of urea groups is 1. The third-order valence-electron chi connectivity index (χ3n) is 4.87. The molecule has 2 atom stereocenters. The molecule has 2 aromatic rings. The fraction of sp³-hybridized carbons (Fsp3) is 0.333. The Hall–Kier alpha value is -3.11. The summed E-state index contributed by atoms with van der Waals surface area (Å²) in [6, 6.07) is 8.47. The summed E-state index contributed by atoms with van der Waals surface area (Å²) in [5.74, 6) is -0.141. The van der Waals surface area contributed by atoms with Gasteiger partial charge in [0.1, 0.15) is 11.8 Å². The van der Waals surface area contributed by atoms with Crippen LogP contribution in [0.1, 0.15) is 37.3 Å². The number of rotatable bonds is 8. The molecule has 1 aromatic carbocycles. The van der Waals surface area contributed by atoms with Gasteiger partial charge in [-0.15, -0.1) is 0 Å². The first-order valence-electron chi connectivity index (χ1n) is 9.75. The molecule has 3 rings (SSSR count). The van der Waals surface area contributed by atoms with Crippen LogP contribution < -0.4 is 16.0 Å². The van der Waals surface area contributed by atoms with Crippen molar-refractivity contribution >= 4 is 21.8 Å². The number of hydrogen-bond donors (Lipinski definition) is 3.